The van der Waals surface area contributed by atoms with Gasteiger partial charge in [-0.05, 0) is 55.8 Å². The van der Waals surface area contributed by atoms with Crippen molar-refractivity contribution < 1.29 is 14.3 Å². The highest BCUT2D eigenvalue weighted by Crippen LogP contribution is 2.39. The van der Waals surface area contributed by atoms with Crippen LogP contribution in [0.5, 0.6) is 0 Å². The second-order valence-corrected chi connectivity index (χ2v) is 6.26. The van der Waals surface area contributed by atoms with Crippen LogP contribution in [0.15, 0.2) is 72.8 Å². The van der Waals surface area contributed by atoms with Gasteiger partial charge in [0.1, 0.15) is 0 Å². The molecule has 4 nitrogen and oxygen atoms in total. The molecule has 0 atom stereocenters. The number of esters is 1. The van der Waals surface area contributed by atoms with Gasteiger partial charge in [-0.3, -0.25) is 4.79 Å². The summed E-state index contributed by atoms with van der Waals surface area (Å²) in [4.78, 5) is 26.6. The molecule has 4 heteroatoms. The zero-order chi connectivity index (χ0) is 19.4. The molecule has 0 aromatic heterocycles. The van der Waals surface area contributed by atoms with Gasteiger partial charge in [-0.25, -0.2) is 4.79 Å². The van der Waals surface area contributed by atoms with Crippen LogP contribution in [0.25, 0.3) is 0 Å². The first-order valence-corrected chi connectivity index (χ1v) is 8.67. The molecule has 3 rings (SSSR count). The lowest BCUT2D eigenvalue weighted by molar-refractivity contribution is 0.0601. The highest BCUT2D eigenvalue weighted by molar-refractivity contribution is 6.04. The molecule has 0 amide bonds. The van der Waals surface area contributed by atoms with Gasteiger partial charge in [0.25, 0.3) is 0 Å². The van der Waals surface area contributed by atoms with Gasteiger partial charge in [0.15, 0.2) is 5.78 Å². The third kappa shape index (κ3) is 3.75. The van der Waals surface area contributed by atoms with Gasteiger partial charge in [-0.1, -0.05) is 36.4 Å². The zero-order valence-electron chi connectivity index (χ0n) is 15.6. The van der Waals surface area contributed by atoms with Crippen LogP contribution < -0.4 is 4.90 Å². The number of benzene rings is 3. The average molecular weight is 359 g/mol. The van der Waals surface area contributed by atoms with Crippen LogP contribution in [-0.2, 0) is 4.74 Å². The quantitative estimate of drug-likeness (QED) is 0.449. The second kappa shape index (κ2) is 7.87. The number of para-hydroxylation sites is 2. The molecule has 0 aliphatic rings. The number of anilines is 3. The van der Waals surface area contributed by atoms with Crippen molar-refractivity contribution in [1.82, 2.24) is 0 Å². The number of Topliss-reactive ketones (excluding diaryl/α,β-unsaturated/α-hetero) is 1. The first-order valence-electron chi connectivity index (χ1n) is 8.67. The Balaban J connectivity index is 2.32. The third-order valence-corrected chi connectivity index (χ3v) is 4.33. The van der Waals surface area contributed by atoms with Crippen LogP contribution in [0.2, 0.25) is 0 Å². The number of hydrogen-bond acceptors (Lipinski definition) is 4. The van der Waals surface area contributed by atoms with E-state index in [2.05, 4.69) is 0 Å². The van der Waals surface area contributed by atoms with E-state index in [-0.39, 0.29) is 5.78 Å². The fraction of sp³-hybridized carbons (Fsp3) is 0.130. The van der Waals surface area contributed by atoms with Crippen molar-refractivity contribution in [2.75, 3.05) is 12.0 Å². The number of methoxy groups -OCH3 is 1. The van der Waals surface area contributed by atoms with Crippen molar-refractivity contribution in [3.63, 3.8) is 0 Å². The Morgan fingerprint density at radius 3 is 2.00 bits per heavy atom. The fourth-order valence-corrected chi connectivity index (χ4v) is 3.09. The van der Waals surface area contributed by atoms with Crippen molar-refractivity contribution in [1.29, 1.82) is 0 Å². The van der Waals surface area contributed by atoms with E-state index in [4.69, 9.17) is 4.74 Å². The smallest absolute Gasteiger partial charge is 0.339 e. The van der Waals surface area contributed by atoms with Gasteiger partial charge in [-0.2, -0.15) is 0 Å². The largest absolute Gasteiger partial charge is 0.465 e. The summed E-state index contributed by atoms with van der Waals surface area (Å²) in [6.45, 7) is 3.55. The van der Waals surface area contributed by atoms with E-state index in [1.54, 1.807) is 25.1 Å². The van der Waals surface area contributed by atoms with Crippen LogP contribution in [0.3, 0.4) is 0 Å². The summed E-state index contributed by atoms with van der Waals surface area (Å²) in [5.41, 5.74) is 4.32. The Hall–Kier alpha value is -3.40. The third-order valence-electron chi connectivity index (χ3n) is 4.33. The lowest BCUT2D eigenvalue weighted by Crippen LogP contribution is -2.17. The van der Waals surface area contributed by atoms with Crippen molar-refractivity contribution in [3.8, 4) is 0 Å². The average Bonchev–Trinajstić information content (AvgIpc) is 2.68. The first kappa shape index (κ1) is 18.4. The second-order valence-electron chi connectivity index (χ2n) is 6.26. The topological polar surface area (TPSA) is 46.6 Å². The van der Waals surface area contributed by atoms with Crippen molar-refractivity contribution in [2.24, 2.45) is 0 Å². The summed E-state index contributed by atoms with van der Waals surface area (Å²) < 4.78 is 4.97. The molecule has 0 unspecified atom stereocenters. The zero-order valence-corrected chi connectivity index (χ0v) is 15.6. The van der Waals surface area contributed by atoms with Gasteiger partial charge in [-0.15, -0.1) is 0 Å². The molecule has 0 fully saturated rings. The summed E-state index contributed by atoms with van der Waals surface area (Å²) in [6.07, 6.45) is 0. The highest BCUT2D eigenvalue weighted by atomic mass is 16.5. The van der Waals surface area contributed by atoms with E-state index in [0.717, 1.165) is 11.3 Å². The number of carbonyl (C=O) groups excluding carboxylic acids is 2. The first-order chi connectivity index (χ1) is 13.0. The number of aryl methyl sites for hydroxylation is 1. The van der Waals surface area contributed by atoms with Gasteiger partial charge in [0.2, 0.25) is 0 Å². The molecule has 0 aliphatic carbocycles. The minimum Gasteiger partial charge on any atom is -0.465 e. The molecular formula is C23H21NO3. The molecule has 3 aromatic rings. The number of rotatable bonds is 5. The van der Waals surface area contributed by atoms with E-state index in [9.17, 15) is 9.59 Å². The summed E-state index contributed by atoms with van der Waals surface area (Å²) in [5.74, 6) is -0.470. The van der Waals surface area contributed by atoms with Crippen LogP contribution in [0.1, 0.15) is 33.2 Å². The van der Waals surface area contributed by atoms with Crippen LogP contribution in [-0.4, -0.2) is 18.9 Å². The Morgan fingerprint density at radius 1 is 0.815 bits per heavy atom. The molecule has 27 heavy (non-hydrogen) atoms. The highest BCUT2D eigenvalue weighted by Gasteiger charge is 2.22. The van der Waals surface area contributed by atoms with E-state index in [0.29, 0.717) is 22.5 Å². The molecule has 0 bridgehead atoms. The van der Waals surface area contributed by atoms with E-state index < -0.39 is 5.97 Å². The van der Waals surface area contributed by atoms with Crippen molar-refractivity contribution in [2.45, 2.75) is 13.8 Å². The lowest BCUT2D eigenvalue weighted by atomic mass is 10.0. The van der Waals surface area contributed by atoms with E-state index >= 15 is 0 Å². The predicted octanol–water partition coefficient (Wildman–Crippen LogP) is 5.45. The molecule has 0 aliphatic heterocycles. The number of nitrogens with zero attached hydrogens (tertiary/aromatic N) is 1. The maximum absolute atomic E-state index is 12.4. The maximum Gasteiger partial charge on any atom is 0.339 e. The maximum atomic E-state index is 12.4. The Labute approximate surface area is 159 Å². The Bertz CT molecular complexity index is 994. The van der Waals surface area contributed by atoms with Gasteiger partial charge in [0.05, 0.1) is 24.0 Å². The minimum absolute atomic E-state index is 0.0428. The number of hydrogen-bond donors (Lipinski definition) is 0. The summed E-state index contributed by atoms with van der Waals surface area (Å²) in [6, 6.07) is 22.6. The molecule has 0 radical (unpaired) electrons. The van der Waals surface area contributed by atoms with E-state index in [1.165, 1.54) is 7.11 Å². The standard InChI is InChI=1S/C23H21NO3/c1-16-9-8-10-18(15-16)24(21-13-6-4-11-19(21)17(2)25)22-14-7-5-12-20(22)23(26)27-3/h4-15H,1-3H3. The molecule has 3 aromatic carbocycles. The van der Waals surface area contributed by atoms with Crippen molar-refractivity contribution >= 4 is 28.8 Å². The SMILES string of the molecule is COC(=O)c1ccccc1N(c1cccc(C)c1)c1ccccc1C(C)=O. The Kier molecular flexibility index (Phi) is 5.36. The van der Waals surface area contributed by atoms with Gasteiger partial charge in [0, 0.05) is 11.3 Å². The molecular weight excluding hydrogens is 338 g/mol. The number of ether oxygens (including phenoxy) is 1. The molecule has 0 saturated heterocycles. The Morgan fingerprint density at radius 2 is 1.41 bits per heavy atom. The van der Waals surface area contributed by atoms with Gasteiger partial charge >= 0.3 is 5.97 Å². The molecule has 0 spiro atoms. The van der Waals surface area contributed by atoms with E-state index in [1.807, 2.05) is 66.4 Å². The number of carbonyl (C=O) groups is 2. The molecule has 0 saturated carbocycles. The predicted molar refractivity (Wildman–Crippen MR) is 107 cm³/mol. The monoisotopic (exact) mass is 359 g/mol. The summed E-state index contributed by atoms with van der Waals surface area (Å²) in [5, 5.41) is 0. The van der Waals surface area contributed by atoms with Crippen LogP contribution in [0.4, 0.5) is 17.1 Å². The molecule has 136 valence electrons. The lowest BCUT2D eigenvalue weighted by Gasteiger charge is -2.28. The normalized spacial score (nSPS) is 10.3. The molecule has 0 heterocycles. The minimum atomic E-state index is -0.427. The molecule has 0 N–H and O–H groups in total. The van der Waals surface area contributed by atoms with Gasteiger partial charge < -0.3 is 9.64 Å². The summed E-state index contributed by atoms with van der Waals surface area (Å²) >= 11 is 0. The van der Waals surface area contributed by atoms with Crippen molar-refractivity contribution in [3.05, 3.63) is 89.5 Å². The number of ketones is 1. The fourth-order valence-electron chi connectivity index (χ4n) is 3.09. The van der Waals surface area contributed by atoms with Crippen LogP contribution >= 0.6 is 0 Å². The van der Waals surface area contributed by atoms with Crippen LogP contribution in [0, 0.1) is 6.92 Å². The summed E-state index contributed by atoms with van der Waals surface area (Å²) in [7, 11) is 1.36.